The van der Waals surface area contributed by atoms with Crippen molar-refractivity contribution in [1.29, 1.82) is 0 Å². The fourth-order valence-corrected chi connectivity index (χ4v) is 2.78. The third-order valence-electron chi connectivity index (χ3n) is 3.76. The van der Waals surface area contributed by atoms with Gasteiger partial charge in [-0.25, -0.2) is 0 Å². The van der Waals surface area contributed by atoms with Crippen LogP contribution in [-0.2, 0) is 17.5 Å². The molecule has 0 unspecified atom stereocenters. The van der Waals surface area contributed by atoms with Gasteiger partial charge in [-0.1, -0.05) is 23.7 Å². The molecule has 4 nitrogen and oxygen atoms in total. The number of halogens is 4. The van der Waals surface area contributed by atoms with E-state index in [1.54, 1.807) is 12.1 Å². The summed E-state index contributed by atoms with van der Waals surface area (Å²) in [4.78, 5) is 24.2. The minimum atomic E-state index is -4.58. The maximum absolute atomic E-state index is 13.0. The number of carbonyl (C=O) groups excluding carboxylic acids is 1. The number of nitrogens with zero attached hydrogens (tertiary/aromatic N) is 1. The van der Waals surface area contributed by atoms with E-state index in [0.717, 1.165) is 6.07 Å². The van der Waals surface area contributed by atoms with Crippen LogP contribution < -0.4 is 10.7 Å². The predicted molar refractivity (Wildman–Crippen MR) is 93.3 cm³/mol. The first-order valence-electron chi connectivity index (χ1n) is 7.50. The number of hydrogen-bond acceptors (Lipinski definition) is 2. The van der Waals surface area contributed by atoms with Gasteiger partial charge in [-0.2, -0.15) is 13.2 Å². The minimum absolute atomic E-state index is 0.259. The lowest BCUT2D eigenvalue weighted by molar-refractivity contribution is -0.137. The van der Waals surface area contributed by atoms with Crippen molar-refractivity contribution in [3.63, 3.8) is 0 Å². The monoisotopic (exact) mass is 380 g/mol. The molecule has 1 amide bonds. The Morgan fingerprint density at radius 2 is 1.85 bits per heavy atom. The second-order valence-corrected chi connectivity index (χ2v) is 6.00. The van der Waals surface area contributed by atoms with Crippen LogP contribution in [0.4, 0.5) is 18.9 Å². The van der Waals surface area contributed by atoms with Crippen molar-refractivity contribution in [2.45, 2.75) is 12.7 Å². The highest BCUT2D eigenvalue weighted by molar-refractivity contribution is 6.31. The van der Waals surface area contributed by atoms with Gasteiger partial charge in [0, 0.05) is 22.7 Å². The number of anilines is 1. The van der Waals surface area contributed by atoms with Gasteiger partial charge in [0.05, 0.1) is 16.8 Å². The Hall–Kier alpha value is -2.80. The lowest BCUT2D eigenvalue weighted by Gasteiger charge is -2.15. The number of rotatable bonds is 3. The molecule has 0 aliphatic rings. The lowest BCUT2D eigenvalue weighted by Crippen LogP contribution is -2.22. The molecule has 0 atom stereocenters. The Labute approximate surface area is 150 Å². The first-order chi connectivity index (χ1) is 12.3. The maximum Gasteiger partial charge on any atom is 0.418 e. The van der Waals surface area contributed by atoms with Crippen LogP contribution in [0.15, 0.2) is 59.5 Å². The third-order valence-corrected chi connectivity index (χ3v) is 3.99. The molecule has 0 saturated heterocycles. The number of aromatic nitrogens is 1. The summed E-state index contributed by atoms with van der Waals surface area (Å²) in [5, 5.41) is 2.97. The Morgan fingerprint density at radius 3 is 2.58 bits per heavy atom. The van der Waals surface area contributed by atoms with Gasteiger partial charge in [0.25, 0.3) is 0 Å². The number of benzene rings is 2. The van der Waals surface area contributed by atoms with Gasteiger partial charge in [0.15, 0.2) is 5.43 Å². The number of para-hydroxylation sites is 1. The Balaban J connectivity index is 1.90. The minimum Gasteiger partial charge on any atom is -0.338 e. The van der Waals surface area contributed by atoms with Crippen LogP contribution in [-0.4, -0.2) is 10.5 Å². The van der Waals surface area contributed by atoms with Gasteiger partial charge < -0.3 is 9.88 Å². The van der Waals surface area contributed by atoms with Crippen molar-refractivity contribution in [2.75, 3.05) is 5.32 Å². The predicted octanol–water partition coefficient (Wildman–Crippen LogP) is 4.31. The van der Waals surface area contributed by atoms with Gasteiger partial charge in [0.1, 0.15) is 6.54 Å². The summed E-state index contributed by atoms with van der Waals surface area (Å²) in [6.07, 6.45) is -3.17. The van der Waals surface area contributed by atoms with Crippen LogP contribution in [0, 0.1) is 0 Å². The smallest absolute Gasteiger partial charge is 0.338 e. The molecule has 0 aliphatic heterocycles. The summed E-state index contributed by atoms with van der Waals surface area (Å²) in [5.41, 5.74) is -1.05. The SMILES string of the molecule is O=C(Cn1ccc(=O)c2cc(Cl)ccc21)Nc1ccccc1C(F)(F)F. The molecule has 2 aromatic carbocycles. The van der Waals surface area contributed by atoms with Gasteiger partial charge in [-0.15, -0.1) is 0 Å². The highest BCUT2D eigenvalue weighted by atomic mass is 35.5. The first kappa shape index (κ1) is 18.0. The Bertz CT molecular complexity index is 1040. The third kappa shape index (κ3) is 3.72. The summed E-state index contributed by atoms with van der Waals surface area (Å²) >= 11 is 5.88. The number of hydrogen-bond donors (Lipinski definition) is 1. The molecule has 0 radical (unpaired) electrons. The van der Waals surface area contributed by atoms with Gasteiger partial charge >= 0.3 is 6.18 Å². The van der Waals surface area contributed by atoms with E-state index in [1.165, 1.54) is 41.1 Å². The normalized spacial score (nSPS) is 11.5. The van der Waals surface area contributed by atoms with Gasteiger partial charge in [-0.3, -0.25) is 9.59 Å². The second-order valence-electron chi connectivity index (χ2n) is 5.56. The van der Waals surface area contributed by atoms with E-state index in [0.29, 0.717) is 15.9 Å². The molecule has 26 heavy (non-hydrogen) atoms. The molecule has 1 N–H and O–H groups in total. The molecule has 0 saturated carbocycles. The zero-order valence-corrected chi connectivity index (χ0v) is 13.9. The Morgan fingerprint density at radius 1 is 1.12 bits per heavy atom. The molecule has 0 aliphatic carbocycles. The zero-order valence-electron chi connectivity index (χ0n) is 13.2. The van der Waals surface area contributed by atoms with E-state index in [-0.39, 0.29) is 17.7 Å². The lowest BCUT2D eigenvalue weighted by atomic mass is 10.1. The van der Waals surface area contributed by atoms with E-state index < -0.39 is 17.6 Å². The average molecular weight is 381 g/mol. The van der Waals surface area contributed by atoms with Crippen LogP contribution in [0.5, 0.6) is 0 Å². The van der Waals surface area contributed by atoms with Crippen molar-refractivity contribution in [2.24, 2.45) is 0 Å². The second kappa shape index (κ2) is 6.84. The maximum atomic E-state index is 13.0. The molecular weight excluding hydrogens is 369 g/mol. The fraction of sp³-hybridized carbons (Fsp3) is 0.111. The molecule has 3 aromatic rings. The van der Waals surface area contributed by atoms with Crippen molar-refractivity contribution < 1.29 is 18.0 Å². The van der Waals surface area contributed by atoms with E-state index in [2.05, 4.69) is 5.32 Å². The molecule has 0 fully saturated rings. The van der Waals surface area contributed by atoms with Crippen LogP contribution in [0.3, 0.4) is 0 Å². The molecule has 8 heteroatoms. The molecule has 134 valence electrons. The van der Waals surface area contributed by atoms with E-state index in [1.807, 2.05) is 0 Å². The summed E-state index contributed by atoms with van der Waals surface area (Å²) in [6, 6.07) is 10.6. The van der Waals surface area contributed by atoms with Crippen LogP contribution in [0.25, 0.3) is 10.9 Å². The molecule has 3 rings (SSSR count). The number of alkyl halides is 3. The highest BCUT2D eigenvalue weighted by Gasteiger charge is 2.33. The summed E-state index contributed by atoms with van der Waals surface area (Å²) in [6.45, 7) is -0.259. The van der Waals surface area contributed by atoms with E-state index in [9.17, 15) is 22.8 Å². The molecular formula is C18H12ClF3N2O2. The van der Waals surface area contributed by atoms with Gasteiger partial charge in [0.2, 0.25) is 5.91 Å². The summed E-state index contributed by atoms with van der Waals surface area (Å²) < 4.78 is 40.5. The van der Waals surface area contributed by atoms with Crippen LogP contribution in [0.1, 0.15) is 5.56 Å². The van der Waals surface area contributed by atoms with Crippen LogP contribution in [0.2, 0.25) is 5.02 Å². The molecule has 1 aromatic heterocycles. The zero-order chi connectivity index (χ0) is 18.9. The molecule has 1 heterocycles. The number of carbonyl (C=O) groups is 1. The highest BCUT2D eigenvalue weighted by Crippen LogP contribution is 2.34. The number of fused-ring (bicyclic) bond motifs is 1. The quantitative estimate of drug-likeness (QED) is 0.736. The van der Waals surface area contributed by atoms with Crippen molar-refractivity contribution in [3.8, 4) is 0 Å². The fourth-order valence-electron chi connectivity index (χ4n) is 2.61. The van der Waals surface area contributed by atoms with Crippen molar-refractivity contribution in [3.05, 3.63) is 75.5 Å². The topological polar surface area (TPSA) is 51.1 Å². The standard InChI is InChI=1S/C18H12ClF3N2O2/c19-11-5-6-15-12(9-11)16(25)7-8-24(15)10-17(26)23-14-4-2-1-3-13(14)18(20,21)22/h1-9H,10H2,(H,23,26). The van der Waals surface area contributed by atoms with Crippen molar-refractivity contribution in [1.82, 2.24) is 4.57 Å². The van der Waals surface area contributed by atoms with Crippen molar-refractivity contribution >= 4 is 34.1 Å². The van der Waals surface area contributed by atoms with E-state index >= 15 is 0 Å². The van der Waals surface area contributed by atoms with Gasteiger partial charge in [-0.05, 0) is 30.3 Å². The largest absolute Gasteiger partial charge is 0.418 e. The summed E-state index contributed by atoms with van der Waals surface area (Å²) in [7, 11) is 0. The number of pyridine rings is 1. The van der Waals surface area contributed by atoms with E-state index in [4.69, 9.17) is 11.6 Å². The first-order valence-corrected chi connectivity index (χ1v) is 7.88. The number of nitrogens with one attached hydrogen (secondary N) is 1. The number of amides is 1. The van der Waals surface area contributed by atoms with Crippen LogP contribution >= 0.6 is 11.6 Å². The Kier molecular flexibility index (Phi) is 4.73. The average Bonchev–Trinajstić information content (AvgIpc) is 2.57. The molecule has 0 bridgehead atoms. The molecule has 0 spiro atoms. The summed E-state index contributed by atoms with van der Waals surface area (Å²) in [5.74, 6) is -0.651.